The van der Waals surface area contributed by atoms with Crippen LogP contribution in [0, 0.1) is 5.92 Å². The maximum absolute atomic E-state index is 6.41. The second-order valence-electron chi connectivity index (χ2n) is 12.1. The molecule has 1 aromatic carbocycles. The molecule has 3 saturated heterocycles. The molecule has 222 valence electrons. The molecule has 9 nitrogen and oxygen atoms in total. The molecule has 0 radical (unpaired) electrons. The Kier molecular flexibility index (Phi) is 8.76. The monoisotopic (exact) mass is 561 g/mol. The van der Waals surface area contributed by atoms with Crippen LogP contribution in [0.2, 0.25) is 0 Å². The van der Waals surface area contributed by atoms with Crippen molar-refractivity contribution >= 4 is 17.6 Å². The van der Waals surface area contributed by atoms with E-state index in [0.29, 0.717) is 17.9 Å². The first-order chi connectivity index (χ1) is 20.0. The summed E-state index contributed by atoms with van der Waals surface area (Å²) in [4.78, 5) is 17.5. The van der Waals surface area contributed by atoms with E-state index >= 15 is 0 Å². The molecule has 0 aliphatic carbocycles. The SMILES string of the molecule is CCC1C=c2c(N)ncc(-c3ccc(N4CCC(N5CCN(C)CC5)CC4)c(OC)c3)c2=NC1NC1CCOCC1. The molecule has 3 fully saturated rings. The summed E-state index contributed by atoms with van der Waals surface area (Å²) in [5, 5.41) is 5.70. The van der Waals surface area contributed by atoms with E-state index in [-0.39, 0.29) is 12.1 Å². The van der Waals surface area contributed by atoms with Gasteiger partial charge >= 0.3 is 0 Å². The first-order valence-electron chi connectivity index (χ1n) is 15.6. The molecule has 0 spiro atoms. The highest BCUT2D eigenvalue weighted by Gasteiger charge is 2.29. The Morgan fingerprint density at radius 1 is 1.05 bits per heavy atom. The summed E-state index contributed by atoms with van der Waals surface area (Å²) in [6, 6.07) is 7.67. The van der Waals surface area contributed by atoms with E-state index in [4.69, 9.17) is 20.2 Å². The Balaban J connectivity index is 1.25. The molecule has 9 heteroatoms. The van der Waals surface area contributed by atoms with Crippen LogP contribution < -0.4 is 31.3 Å². The normalized spacial score (nSPS) is 24.9. The number of nitrogens with one attached hydrogen (secondary N) is 1. The van der Waals surface area contributed by atoms with Crippen molar-refractivity contribution in [3.63, 3.8) is 0 Å². The number of benzene rings is 1. The number of methoxy groups -OCH3 is 1. The molecule has 41 heavy (non-hydrogen) atoms. The molecule has 2 unspecified atom stereocenters. The van der Waals surface area contributed by atoms with Crippen molar-refractivity contribution in [2.45, 2.75) is 57.3 Å². The molecule has 0 bridgehead atoms. The van der Waals surface area contributed by atoms with Gasteiger partial charge < -0.3 is 25.0 Å². The van der Waals surface area contributed by atoms with Crippen LogP contribution in [0.25, 0.3) is 17.2 Å². The second-order valence-corrected chi connectivity index (χ2v) is 12.1. The Labute approximate surface area is 244 Å². The summed E-state index contributed by atoms with van der Waals surface area (Å²) in [6.45, 7) is 10.7. The van der Waals surface area contributed by atoms with Crippen LogP contribution >= 0.6 is 0 Å². The van der Waals surface area contributed by atoms with Crippen molar-refractivity contribution in [2.24, 2.45) is 10.9 Å². The average Bonchev–Trinajstić information content (AvgIpc) is 3.02. The van der Waals surface area contributed by atoms with Gasteiger partial charge in [-0.25, -0.2) is 4.98 Å². The molecule has 2 aromatic rings. The van der Waals surface area contributed by atoms with Crippen LogP contribution in [0.15, 0.2) is 29.4 Å². The Morgan fingerprint density at radius 2 is 1.80 bits per heavy atom. The van der Waals surface area contributed by atoms with Crippen molar-refractivity contribution in [1.29, 1.82) is 0 Å². The van der Waals surface area contributed by atoms with Gasteiger partial charge in [0.15, 0.2) is 0 Å². The van der Waals surface area contributed by atoms with Crippen molar-refractivity contribution in [1.82, 2.24) is 20.1 Å². The summed E-state index contributed by atoms with van der Waals surface area (Å²) in [7, 11) is 4.00. The molecule has 3 N–H and O–H groups in total. The zero-order valence-corrected chi connectivity index (χ0v) is 25.0. The first kappa shape index (κ1) is 28.4. The number of piperidine rings is 1. The topological polar surface area (TPSA) is 91.5 Å². The lowest BCUT2D eigenvalue weighted by Gasteiger charge is -2.42. The van der Waals surface area contributed by atoms with Gasteiger partial charge in [0.2, 0.25) is 0 Å². The van der Waals surface area contributed by atoms with E-state index in [0.717, 1.165) is 73.0 Å². The molecule has 0 amide bonds. The van der Waals surface area contributed by atoms with Crippen molar-refractivity contribution in [2.75, 3.05) is 77.3 Å². The summed E-state index contributed by atoms with van der Waals surface area (Å²) < 4.78 is 11.6. The fourth-order valence-corrected chi connectivity index (χ4v) is 6.96. The Morgan fingerprint density at radius 3 is 2.51 bits per heavy atom. The smallest absolute Gasteiger partial charge is 0.142 e. The summed E-state index contributed by atoms with van der Waals surface area (Å²) in [6.07, 6.45) is 9.58. The number of piperazine rings is 1. The van der Waals surface area contributed by atoms with Crippen LogP contribution in [0.5, 0.6) is 5.75 Å². The predicted molar refractivity (Wildman–Crippen MR) is 165 cm³/mol. The lowest BCUT2D eigenvalue weighted by molar-refractivity contribution is 0.0734. The number of hydrogen-bond donors (Lipinski definition) is 2. The number of fused-ring (bicyclic) bond motifs is 1. The maximum Gasteiger partial charge on any atom is 0.142 e. The fourth-order valence-electron chi connectivity index (χ4n) is 6.96. The van der Waals surface area contributed by atoms with E-state index in [2.05, 4.69) is 63.2 Å². The first-order valence-corrected chi connectivity index (χ1v) is 15.6. The number of rotatable bonds is 7. The molecule has 4 aliphatic rings. The highest BCUT2D eigenvalue weighted by Crippen LogP contribution is 2.35. The van der Waals surface area contributed by atoms with E-state index < -0.39 is 0 Å². The van der Waals surface area contributed by atoms with Crippen LogP contribution in [-0.4, -0.2) is 99.7 Å². The summed E-state index contributed by atoms with van der Waals surface area (Å²) >= 11 is 0. The number of nitrogens with zero attached hydrogens (tertiary/aromatic N) is 5. The van der Waals surface area contributed by atoms with Gasteiger partial charge in [0.1, 0.15) is 17.7 Å². The average molecular weight is 562 g/mol. The number of likely N-dealkylation sites (N-methyl/N-ethyl adjacent to an activating group) is 1. The van der Waals surface area contributed by atoms with Gasteiger partial charge in [-0.05, 0) is 56.8 Å². The van der Waals surface area contributed by atoms with Gasteiger partial charge in [0, 0.05) is 87.5 Å². The predicted octanol–water partition coefficient (Wildman–Crippen LogP) is 2.09. The Hall–Kier alpha value is -2.72. The molecule has 5 heterocycles. The quantitative estimate of drug-likeness (QED) is 0.531. The third kappa shape index (κ3) is 6.09. The standard InChI is InChI=1S/C32H47N7O2/c1-4-22-19-26-30(36-32(22)35-24-9-17-41-18-10-24)27(21-34-31(26)33)23-5-6-28(29(20-23)40-3)39-11-7-25(8-12-39)38-15-13-37(2)14-16-38/h5-6,19-22,24-25,32,35H,4,7-18H2,1-3H3,(H2,33,34). The van der Waals surface area contributed by atoms with Gasteiger partial charge in [-0.15, -0.1) is 0 Å². The Bertz CT molecular complexity index is 1310. The van der Waals surface area contributed by atoms with E-state index in [9.17, 15) is 0 Å². The molecule has 2 atom stereocenters. The zero-order valence-electron chi connectivity index (χ0n) is 25.0. The third-order valence-corrected chi connectivity index (χ3v) is 9.62. The number of aromatic nitrogens is 1. The minimum Gasteiger partial charge on any atom is -0.495 e. The minimum atomic E-state index is 0.0129. The largest absolute Gasteiger partial charge is 0.495 e. The molecular formula is C32H47N7O2. The maximum atomic E-state index is 6.41. The van der Waals surface area contributed by atoms with Crippen molar-refractivity contribution in [3.8, 4) is 16.9 Å². The number of anilines is 2. The van der Waals surface area contributed by atoms with Crippen LogP contribution in [0.3, 0.4) is 0 Å². The number of pyridine rings is 1. The van der Waals surface area contributed by atoms with Crippen LogP contribution in [0.4, 0.5) is 11.5 Å². The summed E-state index contributed by atoms with van der Waals surface area (Å²) in [5.74, 6) is 1.71. The van der Waals surface area contributed by atoms with Crippen molar-refractivity contribution < 1.29 is 9.47 Å². The fraction of sp³-hybridized carbons (Fsp3) is 0.625. The van der Waals surface area contributed by atoms with E-state index in [1.54, 1.807) is 7.11 Å². The van der Waals surface area contributed by atoms with Gasteiger partial charge in [-0.1, -0.05) is 19.1 Å². The lowest BCUT2D eigenvalue weighted by atomic mass is 9.95. The summed E-state index contributed by atoms with van der Waals surface area (Å²) in [5.41, 5.74) is 9.63. The highest BCUT2D eigenvalue weighted by atomic mass is 16.5. The second kappa shape index (κ2) is 12.7. The van der Waals surface area contributed by atoms with Gasteiger partial charge in [-0.3, -0.25) is 15.2 Å². The third-order valence-electron chi connectivity index (χ3n) is 9.62. The van der Waals surface area contributed by atoms with Gasteiger partial charge in [0.05, 0.1) is 18.2 Å². The van der Waals surface area contributed by atoms with Gasteiger partial charge in [0.25, 0.3) is 0 Å². The molecule has 6 rings (SSSR count). The molecule has 1 aromatic heterocycles. The highest BCUT2D eigenvalue weighted by molar-refractivity contribution is 5.72. The van der Waals surface area contributed by atoms with E-state index in [1.807, 2.05) is 6.20 Å². The molecule has 4 aliphatic heterocycles. The van der Waals surface area contributed by atoms with Crippen LogP contribution in [0.1, 0.15) is 39.0 Å². The van der Waals surface area contributed by atoms with Crippen LogP contribution in [-0.2, 0) is 4.74 Å². The number of nitrogens with two attached hydrogens (primary N) is 1. The van der Waals surface area contributed by atoms with Gasteiger partial charge in [-0.2, -0.15) is 0 Å². The molecular weight excluding hydrogens is 514 g/mol. The number of hydrogen-bond acceptors (Lipinski definition) is 9. The lowest BCUT2D eigenvalue weighted by Crippen LogP contribution is -2.52. The van der Waals surface area contributed by atoms with E-state index in [1.165, 1.54) is 44.7 Å². The number of nitrogen functional groups attached to an aromatic ring is 1. The zero-order chi connectivity index (χ0) is 28.3. The number of ether oxygens (including phenoxy) is 2. The minimum absolute atomic E-state index is 0.0129. The van der Waals surface area contributed by atoms with Crippen molar-refractivity contribution in [3.05, 3.63) is 35.0 Å². The molecule has 0 saturated carbocycles.